The van der Waals surface area contributed by atoms with E-state index in [9.17, 15) is 4.79 Å². The summed E-state index contributed by atoms with van der Waals surface area (Å²) in [5.74, 6) is 0.848. The van der Waals surface area contributed by atoms with Crippen molar-refractivity contribution in [1.82, 2.24) is 15.5 Å². The smallest absolute Gasteiger partial charge is 0.234 e. The highest BCUT2D eigenvalue weighted by Crippen LogP contribution is 2.15. The molecule has 1 aromatic rings. The second-order valence-electron chi connectivity index (χ2n) is 5.68. The van der Waals surface area contributed by atoms with Crippen LogP contribution < -0.4 is 10.6 Å². The van der Waals surface area contributed by atoms with E-state index >= 15 is 0 Å². The second kappa shape index (κ2) is 8.37. The van der Waals surface area contributed by atoms with Crippen molar-refractivity contribution in [1.29, 1.82) is 0 Å². The van der Waals surface area contributed by atoms with Crippen LogP contribution in [0.15, 0.2) is 24.3 Å². The summed E-state index contributed by atoms with van der Waals surface area (Å²) in [6, 6.07) is 7.56. The van der Waals surface area contributed by atoms with Crippen molar-refractivity contribution in [3.8, 4) is 0 Å². The Kier molecular flexibility index (Phi) is 6.49. The summed E-state index contributed by atoms with van der Waals surface area (Å²) in [6.07, 6.45) is 2.34. The van der Waals surface area contributed by atoms with E-state index < -0.39 is 0 Å². The van der Waals surface area contributed by atoms with Crippen LogP contribution in [0.4, 0.5) is 0 Å². The quantitative estimate of drug-likeness (QED) is 0.843. The maximum absolute atomic E-state index is 12.0. The van der Waals surface area contributed by atoms with E-state index in [2.05, 4.69) is 15.5 Å². The number of halogens is 1. The van der Waals surface area contributed by atoms with Crippen LogP contribution in [0.3, 0.4) is 0 Å². The number of nitrogens with one attached hydrogen (secondary N) is 2. The molecule has 0 saturated carbocycles. The van der Waals surface area contributed by atoms with E-state index in [1.54, 1.807) is 0 Å². The fraction of sp³-hybridized carbons (Fsp3) is 0.562. The molecule has 1 fully saturated rings. The van der Waals surface area contributed by atoms with Gasteiger partial charge in [0.25, 0.3) is 0 Å². The normalized spacial score (nSPS) is 16.9. The number of piperidine rings is 1. The first-order chi connectivity index (χ1) is 10.2. The molecule has 2 N–H and O–H groups in total. The molecule has 116 valence electrons. The van der Waals surface area contributed by atoms with Gasteiger partial charge in [0.15, 0.2) is 0 Å². The third-order valence-electron chi connectivity index (χ3n) is 3.97. The standard InChI is InChI=1S/C16H24ClN3O/c1-18-10-14-6-8-20(9-7-14)12-16(21)19-11-13-2-4-15(17)5-3-13/h2-5,14,18H,6-12H2,1H3,(H,19,21). The van der Waals surface area contributed by atoms with Crippen LogP contribution in [-0.4, -0.2) is 44.0 Å². The summed E-state index contributed by atoms with van der Waals surface area (Å²) in [5, 5.41) is 6.91. The van der Waals surface area contributed by atoms with Gasteiger partial charge in [0.2, 0.25) is 5.91 Å². The molecule has 1 saturated heterocycles. The van der Waals surface area contributed by atoms with Gasteiger partial charge in [0.05, 0.1) is 6.54 Å². The van der Waals surface area contributed by atoms with Crippen molar-refractivity contribution in [2.24, 2.45) is 5.92 Å². The van der Waals surface area contributed by atoms with Gasteiger partial charge in [-0.3, -0.25) is 9.69 Å². The molecule has 1 amide bonds. The molecule has 1 heterocycles. The summed E-state index contributed by atoms with van der Waals surface area (Å²) in [4.78, 5) is 14.2. The van der Waals surface area contributed by atoms with Crippen molar-refractivity contribution >= 4 is 17.5 Å². The Hall–Kier alpha value is -1.10. The number of hydrogen-bond donors (Lipinski definition) is 2. The van der Waals surface area contributed by atoms with Crippen LogP contribution in [0.25, 0.3) is 0 Å². The summed E-state index contributed by atoms with van der Waals surface area (Å²) in [6.45, 7) is 4.17. The third-order valence-corrected chi connectivity index (χ3v) is 4.22. The molecule has 0 aromatic heterocycles. The molecule has 21 heavy (non-hydrogen) atoms. The largest absolute Gasteiger partial charge is 0.351 e. The van der Waals surface area contributed by atoms with Crippen molar-refractivity contribution in [3.05, 3.63) is 34.9 Å². The average Bonchev–Trinajstić information content (AvgIpc) is 2.49. The van der Waals surface area contributed by atoms with Gasteiger partial charge in [-0.2, -0.15) is 0 Å². The highest BCUT2D eigenvalue weighted by Gasteiger charge is 2.20. The SMILES string of the molecule is CNCC1CCN(CC(=O)NCc2ccc(Cl)cc2)CC1. The van der Waals surface area contributed by atoms with Crippen LogP contribution in [0, 0.1) is 5.92 Å². The van der Waals surface area contributed by atoms with Crippen LogP contribution in [0.1, 0.15) is 18.4 Å². The lowest BCUT2D eigenvalue weighted by Crippen LogP contribution is -2.42. The van der Waals surface area contributed by atoms with Crippen molar-refractivity contribution in [3.63, 3.8) is 0 Å². The third kappa shape index (κ3) is 5.65. The zero-order valence-electron chi connectivity index (χ0n) is 12.6. The highest BCUT2D eigenvalue weighted by atomic mass is 35.5. The Bertz CT molecular complexity index is 441. The highest BCUT2D eigenvalue weighted by molar-refractivity contribution is 6.30. The van der Waals surface area contributed by atoms with Gasteiger partial charge in [-0.05, 0) is 63.1 Å². The van der Waals surface area contributed by atoms with Gasteiger partial charge < -0.3 is 10.6 Å². The van der Waals surface area contributed by atoms with Gasteiger partial charge in [0.1, 0.15) is 0 Å². The zero-order chi connectivity index (χ0) is 15.1. The van der Waals surface area contributed by atoms with E-state index in [-0.39, 0.29) is 5.91 Å². The molecular weight excluding hydrogens is 286 g/mol. The molecule has 0 bridgehead atoms. The number of likely N-dealkylation sites (tertiary alicyclic amines) is 1. The van der Waals surface area contributed by atoms with E-state index in [0.717, 1.165) is 36.1 Å². The zero-order valence-corrected chi connectivity index (χ0v) is 13.3. The Morgan fingerprint density at radius 1 is 1.29 bits per heavy atom. The molecule has 1 aliphatic heterocycles. The number of nitrogens with zero attached hydrogens (tertiary/aromatic N) is 1. The molecule has 0 spiro atoms. The Morgan fingerprint density at radius 3 is 2.57 bits per heavy atom. The minimum absolute atomic E-state index is 0.0945. The summed E-state index contributed by atoms with van der Waals surface area (Å²) < 4.78 is 0. The van der Waals surface area contributed by atoms with Crippen LogP contribution >= 0.6 is 11.6 Å². The molecule has 5 heteroatoms. The van der Waals surface area contributed by atoms with Crippen LogP contribution in [-0.2, 0) is 11.3 Å². The lowest BCUT2D eigenvalue weighted by Gasteiger charge is -2.31. The maximum atomic E-state index is 12.0. The molecule has 1 aliphatic rings. The number of hydrogen-bond acceptors (Lipinski definition) is 3. The summed E-state index contributed by atoms with van der Waals surface area (Å²) in [5.41, 5.74) is 1.07. The molecule has 0 atom stereocenters. The predicted octanol–water partition coefficient (Wildman–Crippen LogP) is 1.89. The first kappa shape index (κ1) is 16.3. The van der Waals surface area contributed by atoms with E-state index in [0.29, 0.717) is 13.1 Å². The minimum Gasteiger partial charge on any atom is -0.351 e. The van der Waals surface area contributed by atoms with Gasteiger partial charge in [-0.15, -0.1) is 0 Å². The Labute approximate surface area is 131 Å². The Balaban J connectivity index is 1.67. The van der Waals surface area contributed by atoms with Crippen molar-refractivity contribution in [2.75, 3.05) is 33.2 Å². The first-order valence-corrected chi connectivity index (χ1v) is 7.93. The number of benzene rings is 1. The van der Waals surface area contributed by atoms with Gasteiger partial charge >= 0.3 is 0 Å². The lowest BCUT2D eigenvalue weighted by atomic mass is 9.97. The van der Waals surface area contributed by atoms with Gasteiger partial charge in [0, 0.05) is 11.6 Å². The molecule has 2 rings (SSSR count). The molecule has 4 nitrogen and oxygen atoms in total. The van der Waals surface area contributed by atoms with Gasteiger partial charge in [-0.25, -0.2) is 0 Å². The van der Waals surface area contributed by atoms with Crippen LogP contribution in [0.2, 0.25) is 5.02 Å². The fourth-order valence-corrected chi connectivity index (χ4v) is 2.83. The lowest BCUT2D eigenvalue weighted by molar-refractivity contribution is -0.122. The van der Waals surface area contributed by atoms with E-state index in [4.69, 9.17) is 11.6 Å². The Morgan fingerprint density at radius 2 is 1.95 bits per heavy atom. The number of rotatable bonds is 6. The molecule has 0 unspecified atom stereocenters. The summed E-state index contributed by atoms with van der Waals surface area (Å²) >= 11 is 5.84. The molecule has 0 aliphatic carbocycles. The van der Waals surface area contributed by atoms with Gasteiger partial charge in [-0.1, -0.05) is 23.7 Å². The van der Waals surface area contributed by atoms with E-state index in [1.165, 1.54) is 12.8 Å². The minimum atomic E-state index is 0.0945. The predicted molar refractivity (Wildman–Crippen MR) is 86.4 cm³/mol. The van der Waals surface area contributed by atoms with Crippen molar-refractivity contribution in [2.45, 2.75) is 19.4 Å². The monoisotopic (exact) mass is 309 g/mol. The summed E-state index contributed by atoms with van der Waals surface area (Å²) in [7, 11) is 2.00. The van der Waals surface area contributed by atoms with E-state index in [1.807, 2.05) is 31.3 Å². The molecular formula is C16H24ClN3O. The molecule has 1 aromatic carbocycles. The average molecular weight is 310 g/mol. The molecule has 0 radical (unpaired) electrons. The topological polar surface area (TPSA) is 44.4 Å². The second-order valence-corrected chi connectivity index (χ2v) is 6.12. The number of carbonyl (C=O) groups excluding carboxylic acids is 1. The number of amides is 1. The van der Waals surface area contributed by atoms with Crippen LogP contribution in [0.5, 0.6) is 0 Å². The fourth-order valence-electron chi connectivity index (χ4n) is 2.70. The maximum Gasteiger partial charge on any atom is 0.234 e. The number of carbonyl (C=O) groups is 1. The van der Waals surface area contributed by atoms with Crippen molar-refractivity contribution < 1.29 is 4.79 Å². The first-order valence-electron chi connectivity index (χ1n) is 7.55.